The minimum absolute atomic E-state index is 0.568. The van der Waals surface area contributed by atoms with Crippen molar-refractivity contribution in [3.8, 4) is 0 Å². The second kappa shape index (κ2) is 7.42. The number of likely N-dealkylation sites (N-methyl/N-ethyl adjacent to an activating group) is 1. The Labute approximate surface area is 112 Å². The molecule has 18 heavy (non-hydrogen) atoms. The maximum absolute atomic E-state index is 3.53. The smallest absolute Gasteiger partial charge is 0.0408 e. The fourth-order valence-corrected chi connectivity index (χ4v) is 2.40. The van der Waals surface area contributed by atoms with Crippen molar-refractivity contribution in [1.82, 2.24) is 5.32 Å². The molecule has 1 rings (SSSR count). The third-order valence-electron chi connectivity index (χ3n) is 3.56. The molecule has 0 bridgehead atoms. The second-order valence-electron chi connectivity index (χ2n) is 5.17. The van der Waals surface area contributed by atoms with E-state index in [9.17, 15) is 0 Å². The number of nitrogens with zero attached hydrogens (tertiary/aromatic N) is 1. The molecule has 0 aliphatic heterocycles. The highest BCUT2D eigenvalue weighted by Crippen LogP contribution is 2.22. The molecule has 0 aliphatic rings. The number of hydrogen-bond donors (Lipinski definition) is 1. The molecule has 0 aliphatic carbocycles. The molecule has 0 aromatic heterocycles. The molecule has 102 valence electrons. The first-order valence-corrected chi connectivity index (χ1v) is 7.10. The van der Waals surface area contributed by atoms with E-state index in [-0.39, 0.29) is 0 Å². The SMILES string of the molecule is CCCNCC(CC)N(C)c1ccc(C)cc1C. The summed E-state index contributed by atoms with van der Waals surface area (Å²) in [5.41, 5.74) is 4.05. The molecule has 1 N–H and O–H groups in total. The molecule has 0 amide bonds. The zero-order valence-electron chi connectivity index (χ0n) is 12.6. The van der Waals surface area contributed by atoms with Gasteiger partial charge < -0.3 is 10.2 Å². The van der Waals surface area contributed by atoms with E-state index < -0.39 is 0 Å². The molecule has 0 radical (unpaired) electrons. The molecular formula is C16H28N2. The Hall–Kier alpha value is -1.02. The summed E-state index contributed by atoms with van der Waals surface area (Å²) in [4.78, 5) is 2.41. The van der Waals surface area contributed by atoms with Crippen molar-refractivity contribution in [1.29, 1.82) is 0 Å². The van der Waals surface area contributed by atoms with Crippen LogP contribution in [-0.4, -0.2) is 26.2 Å². The van der Waals surface area contributed by atoms with Crippen LogP contribution in [0.3, 0.4) is 0 Å². The summed E-state index contributed by atoms with van der Waals surface area (Å²) >= 11 is 0. The third kappa shape index (κ3) is 4.02. The van der Waals surface area contributed by atoms with Crippen molar-refractivity contribution >= 4 is 5.69 Å². The van der Waals surface area contributed by atoms with Gasteiger partial charge in [-0.2, -0.15) is 0 Å². The summed E-state index contributed by atoms with van der Waals surface area (Å²) in [6.07, 6.45) is 2.37. The Morgan fingerprint density at radius 1 is 1.22 bits per heavy atom. The van der Waals surface area contributed by atoms with E-state index in [1.54, 1.807) is 0 Å². The summed E-state index contributed by atoms with van der Waals surface area (Å²) in [5, 5.41) is 3.53. The quantitative estimate of drug-likeness (QED) is 0.743. The fraction of sp³-hybridized carbons (Fsp3) is 0.625. The van der Waals surface area contributed by atoms with E-state index >= 15 is 0 Å². The second-order valence-corrected chi connectivity index (χ2v) is 5.17. The van der Waals surface area contributed by atoms with Crippen molar-refractivity contribution in [2.24, 2.45) is 0 Å². The zero-order chi connectivity index (χ0) is 13.5. The van der Waals surface area contributed by atoms with Crippen LogP contribution in [0.2, 0.25) is 0 Å². The molecular weight excluding hydrogens is 220 g/mol. The number of hydrogen-bond acceptors (Lipinski definition) is 2. The molecule has 1 aromatic rings. The van der Waals surface area contributed by atoms with Gasteiger partial charge in [0.25, 0.3) is 0 Å². The van der Waals surface area contributed by atoms with Gasteiger partial charge in [0.2, 0.25) is 0 Å². The lowest BCUT2D eigenvalue weighted by Crippen LogP contribution is -2.40. The molecule has 2 heteroatoms. The Kier molecular flexibility index (Phi) is 6.20. The molecule has 1 atom stereocenters. The van der Waals surface area contributed by atoms with Gasteiger partial charge in [-0.05, 0) is 44.9 Å². The van der Waals surface area contributed by atoms with Crippen molar-refractivity contribution in [2.45, 2.75) is 46.6 Å². The van der Waals surface area contributed by atoms with Crippen LogP contribution in [0.25, 0.3) is 0 Å². The first-order chi connectivity index (χ1) is 8.60. The van der Waals surface area contributed by atoms with Crippen molar-refractivity contribution in [3.05, 3.63) is 29.3 Å². The lowest BCUT2D eigenvalue weighted by atomic mass is 10.1. The van der Waals surface area contributed by atoms with Gasteiger partial charge in [0.15, 0.2) is 0 Å². The van der Waals surface area contributed by atoms with Crippen LogP contribution in [0.4, 0.5) is 5.69 Å². The van der Waals surface area contributed by atoms with E-state index in [1.807, 2.05) is 0 Å². The molecule has 0 saturated heterocycles. The summed E-state index contributed by atoms with van der Waals surface area (Å²) in [6.45, 7) is 11.0. The Bertz CT molecular complexity index is 360. The summed E-state index contributed by atoms with van der Waals surface area (Å²) < 4.78 is 0. The monoisotopic (exact) mass is 248 g/mol. The van der Waals surface area contributed by atoms with E-state index in [4.69, 9.17) is 0 Å². The van der Waals surface area contributed by atoms with Crippen LogP contribution in [0, 0.1) is 13.8 Å². The molecule has 0 heterocycles. The molecule has 2 nitrogen and oxygen atoms in total. The normalized spacial score (nSPS) is 12.5. The average Bonchev–Trinajstić information content (AvgIpc) is 2.34. The largest absolute Gasteiger partial charge is 0.370 e. The minimum Gasteiger partial charge on any atom is -0.370 e. The number of rotatable bonds is 7. The van der Waals surface area contributed by atoms with Gasteiger partial charge in [0.1, 0.15) is 0 Å². The molecule has 0 fully saturated rings. The van der Waals surface area contributed by atoms with Gasteiger partial charge in [0.05, 0.1) is 0 Å². The van der Waals surface area contributed by atoms with E-state index in [1.165, 1.54) is 29.7 Å². The number of benzene rings is 1. The van der Waals surface area contributed by atoms with Gasteiger partial charge >= 0.3 is 0 Å². The number of anilines is 1. The number of aryl methyl sites for hydroxylation is 2. The molecule has 0 saturated carbocycles. The van der Waals surface area contributed by atoms with Crippen molar-refractivity contribution in [3.63, 3.8) is 0 Å². The minimum atomic E-state index is 0.568. The van der Waals surface area contributed by atoms with E-state index in [0.29, 0.717) is 6.04 Å². The first kappa shape index (κ1) is 15.0. The molecule has 1 aromatic carbocycles. The number of nitrogens with one attached hydrogen (secondary N) is 1. The first-order valence-electron chi connectivity index (χ1n) is 7.10. The maximum Gasteiger partial charge on any atom is 0.0408 e. The third-order valence-corrected chi connectivity index (χ3v) is 3.56. The van der Waals surface area contributed by atoms with Crippen molar-refractivity contribution in [2.75, 3.05) is 25.0 Å². The van der Waals surface area contributed by atoms with E-state index in [2.05, 4.69) is 63.2 Å². The van der Waals surface area contributed by atoms with Crippen LogP contribution < -0.4 is 10.2 Å². The Morgan fingerprint density at radius 3 is 2.50 bits per heavy atom. The van der Waals surface area contributed by atoms with Crippen LogP contribution in [0.15, 0.2) is 18.2 Å². The fourth-order valence-electron chi connectivity index (χ4n) is 2.40. The van der Waals surface area contributed by atoms with Gasteiger partial charge in [-0.1, -0.05) is 31.5 Å². The standard InChI is InChI=1S/C16H28N2/c1-6-10-17-12-15(7-2)18(5)16-9-8-13(3)11-14(16)4/h8-9,11,15,17H,6-7,10,12H2,1-5H3. The van der Waals surface area contributed by atoms with Gasteiger partial charge in [-0.3, -0.25) is 0 Å². The highest BCUT2D eigenvalue weighted by molar-refractivity contribution is 5.54. The van der Waals surface area contributed by atoms with E-state index in [0.717, 1.165) is 13.1 Å². The van der Waals surface area contributed by atoms with Crippen LogP contribution in [0.5, 0.6) is 0 Å². The summed E-state index contributed by atoms with van der Waals surface area (Å²) in [5.74, 6) is 0. The van der Waals surface area contributed by atoms with Crippen molar-refractivity contribution < 1.29 is 0 Å². The van der Waals surface area contributed by atoms with Crippen LogP contribution >= 0.6 is 0 Å². The van der Waals surface area contributed by atoms with Gasteiger partial charge in [-0.25, -0.2) is 0 Å². The predicted octanol–water partition coefficient (Wildman–Crippen LogP) is 3.52. The summed E-state index contributed by atoms with van der Waals surface area (Å²) in [7, 11) is 2.21. The topological polar surface area (TPSA) is 15.3 Å². The highest BCUT2D eigenvalue weighted by atomic mass is 15.2. The van der Waals surface area contributed by atoms with Gasteiger partial charge in [0, 0.05) is 25.3 Å². The molecule has 0 spiro atoms. The highest BCUT2D eigenvalue weighted by Gasteiger charge is 2.14. The lowest BCUT2D eigenvalue weighted by Gasteiger charge is -2.31. The van der Waals surface area contributed by atoms with Gasteiger partial charge in [-0.15, -0.1) is 0 Å². The van der Waals surface area contributed by atoms with Crippen LogP contribution in [0.1, 0.15) is 37.8 Å². The maximum atomic E-state index is 3.53. The predicted molar refractivity (Wildman–Crippen MR) is 81.6 cm³/mol. The lowest BCUT2D eigenvalue weighted by molar-refractivity contribution is 0.539. The Balaban J connectivity index is 2.73. The average molecular weight is 248 g/mol. The summed E-state index contributed by atoms with van der Waals surface area (Å²) in [6, 6.07) is 7.27. The Morgan fingerprint density at radius 2 is 1.94 bits per heavy atom. The molecule has 1 unspecified atom stereocenters. The zero-order valence-corrected chi connectivity index (χ0v) is 12.6. The van der Waals surface area contributed by atoms with Crippen LogP contribution in [-0.2, 0) is 0 Å².